The van der Waals surface area contributed by atoms with E-state index in [4.69, 9.17) is 9.68 Å². The van der Waals surface area contributed by atoms with Crippen LogP contribution in [0.15, 0.2) is 52.9 Å². The van der Waals surface area contributed by atoms with E-state index in [9.17, 15) is 0 Å². The van der Waals surface area contributed by atoms with E-state index in [1.807, 2.05) is 43.4 Å². The van der Waals surface area contributed by atoms with Crippen molar-refractivity contribution in [3.05, 3.63) is 59.7 Å². The Labute approximate surface area is 117 Å². The number of hydrogen-bond donors (Lipinski definition) is 1. The Kier molecular flexibility index (Phi) is 3.24. The molecule has 3 nitrogen and oxygen atoms in total. The predicted molar refractivity (Wildman–Crippen MR) is 79.1 cm³/mol. The number of benzene rings is 2. The molecule has 3 heteroatoms. The number of furan rings is 1. The van der Waals surface area contributed by atoms with Gasteiger partial charge in [0.1, 0.15) is 11.3 Å². The lowest BCUT2D eigenvalue weighted by atomic mass is 10.1. The zero-order valence-corrected chi connectivity index (χ0v) is 11.2. The van der Waals surface area contributed by atoms with Crippen LogP contribution in [0.1, 0.15) is 11.1 Å². The van der Waals surface area contributed by atoms with E-state index < -0.39 is 0 Å². The van der Waals surface area contributed by atoms with E-state index in [1.54, 1.807) is 6.07 Å². The van der Waals surface area contributed by atoms with Gasteiger partial charge in [-0.25, -0.2) is 0 Å². The smallest absolute Gasteiger partial charge is 0.136 e. The van der Waals surface area contributed by atoms with Crippen LogP contribution in [0.4, 0.5) is 0 Å². The van der Waals surface area contributed by atoms with Crippen molar-refractivity contribution >= 4 is 11.0 Å². The molecule has 0 aliphatic rings. The quantitative estimate of drug-likeness (QED) is 0.783. The van der Waals surface area contributed by atoms with Gasteiger partial charge < -0.3 is 9.73 Å². The molecule has 0 atom stereocenters. The summed E-state index contributed by atoms with van der Waals surface area (Å²) >= 11 is 0. The second-order valence-electron chi connectivity index (χ2n) is 4.67. The molecule has 98 valence electrons. The number of rotatable bonds is 3. The largest absolute Gasteiger partial charge is 0.456 e. The van der Waals surface area contributed by atoms with Gasteiger partial charge in [0.2, 0.25) is 0 Å². The van der Waals surface area contributed by atoms with Crippen LogP contribution in [0.3, 0.4) is 0 Å². The van der Waals surface area contributed by atoms with E-state index in [1.165, 1.54) is 5.56 Å². The zero-order valence-electron chi connectivity index (χ0n) is 11.2. The lowest BCUT2D eigenvalue weighted by Gasteiger charge is -1.98. The van der Waals surface area contributed by atoms with Gasteiger partial charge in [-0.05, 0) is 42.9 Å². The third-order valence-corrected chi connectivity index (χ3v) is 3.27. The summed E-state index contributed by atoms with van der Waals surface area (Å²) in [6.07, 6.45) is 0. The van der Waals surface area contributed by atoms with Gasteiger partial charge in [0.15, 0.2) is 0 Å². The van der Waals surface area contributed by atoms with Crippen LogP contribution in [0.25, 0.3) is 22.3 Å². The van der Waals surface area contributed by atoms with E-state index in [0.29, 0.717) is 5.56 Å². The van der Waals surface area contributed by atoms with Crippen molar-refractivity contribution in [1.29, 1.82) is 5.26 Å². The van der Waals surface area contributed by atoms with Crippen LogP contribution in [0.2, 0.25) is 0 Å². The molecule has 3 rings (SSSR count). The van der Waals surface area contributed by atoms with E-state index in [-0.39, 0.29) is 0 Å². The molecule has 0 unspecified atom stereocenters. The van der Waals surface area contributed by atoms with E-state index >= 15 is 0 Å². The fourth-order valence-electron chi connectivity index (χ4n) is 2.34. The van der Waals surface area contributed by atoms with Gasteiger partial charge in [0.25, 0.3) is 0 Å². The highest BCUT2D eigenvalue weighted by Crippen LogP contribution is 2.30. The molecule has 3 aromatic rings. The molecular formula is C17H14N2O. The Morgan fingerprint density at radius 1 is 1.15 bits per heavy atom. The highest BCUT2D eigenvalue weighted by molar-refractivity contribution is 5.84. The molecule has 20 heavy (non-hydrogen) atoms. The van der Waals surface area contributed by atoms with Crippen LogP contribution in [0, 0.1) is 11.3 Å². The van der Waals surface area contributed by atoms with Gasteiger partial charge in [0.05, 0.1) is 11.6 Å². The molecule has 0 amide bonds. The number of nitrogens with zero attached hydrogens (tertiary/aromatic N) is 1. The SMILES string of the molecule is CNCc1ccc2oc(-c3ccccc3C#N)cc2c1. The number of hydrogen-bond acceptors (Lipinski definition) is 3. The Morgan fingerprint density at radius 3 is 2.80 bits per heavy atom. The van der Waals surface area contributed by atoms with Gasteiger partial charge in [-0.1, -0.05) is 18.2 Å². The summed E-state index contributed by atoms with van der Waals surface area (Å²) in [7, 11) is 1.92. The maximum absolute atomic E-state index is 9.17. The first-order valence-electron chi connectivity index (χ1n) is 6.48. The minimum Gasteiger partial charge on any atom is -0.456 e. The first-order chi connectivity index (χ1) is 9.81. The average Bonchev–Trinajstić information content (AvgIpc) is 2.90. The minimum absolute atomic E-state index is 0.627. The second-order valence-corrected chi connectivity index (χ2v) is 4.67. The molecule has 0 saturated heterocycles. The van der Waals surface area contributed by atoms with Crippen LogP contribution >= 0.6 is 0 Å². The molecule has 0 aliphatic carbocycles. The number of fused-ring (bicyclic) bond motifs is 1. The summed E-state index contributed by atoms with van der Waals surface area (Å²) in [6.45, 7) is 0.825. The highest BCUT2D eigenvalue weighted by atomic mass is 16.3. The zero-order chi connectivity index (χ0) is 13.9. The van der Waals surface area contributed by atoms with E-state index in [2.05, 4.69) is 17.5 Å². The van der Waals surface area contributed by atoms with Crippen LogP contribution in [-0.2, 0) is 6.54 Å². The summed E-state index contributed by atoms with van der Waals surface area (Å²) < 4.78 is 5.86. The summed E-state index contributed by atoms with van der Waals surface area (Å²) in [5, 5.41) is 13.4. The topological polar surface area (TPSA) is 49.0 Å². The maximum atomic E-state index is 9.17. The van der Waals surface area contributed by atoms with Crippen LogP contribution in [0.5, 0.6) is 0 Å². The van der Waals surface area contributed by atoms with Gasteiger partial charge in [-0.15, -0.1) is 0 Å². The van der Waals surface area contributed by atoms with Crippen LogP contribution in [-0.4, -0.2) is 7.05 Å². The Bertz CT molecular complexity index is 796. The lowest BCUT2D eigenvalue weighted by molar-refractivity contribution is 0.631. The summed E-state index contributed by atoms with van der Waals surface area (Å²) in [4.78, 5) is 0. The molecule has 0 saturated carbocycles. The van der Waals surface area contributed by atoms with Crippen molar-refractivity contribution in [3.63, 3.8) is 0 Å². The Hall–Kier alpha value is -2.57. The van der Waals surface area contributed by atoms with Gasteiger partial charge in [0, 0.05) is 17.5 Å². The molecule has 1 aromatic heterocycles. The first kappa shape index (κ1) is 12.5. The molecular weight excluding hydrogens is 248 g/mol. The van der Waals surface area contributed by atoms with E-state index in [0.717, 1.165) is 28.8 Å². The normalized spacial score (nSPS) is 10.6. The van der Waals surface area contributed by atoms with Gasteiger partial charge in [-0.3, -0.25) is 0 Å². The predicted octanol–water partition coefficient (Wildman–Crippen LogP) is 3.69. The fraction of sp³-hybridized carbons (Fsp3) is 0.118. The van der Waals surface area contributed by atoms with Crippen molar-refractivity contribution in [1.82, 2.24) is 5.32 Å². The molecule has 1 heterocycles. The summed E-state index contributed by atoms with van der Waals surface area (Å²) in [5.74, 6) is 0.735. The molecule has 0 spiro atoms. The van der Waals surface area contributed by atoms with Crippen LogP contribution < -0.4 is 5.32 Å². The van der Waals surface area contributed by atoms with Crippen molar-refractivity contribution in [3.8, 4) is 17.4 Å². The highest BCUT2D eigenvalue weighted by Gasteiger charge is 2.10. The summed E-state index contributed by atoms with van der Waals surface area (Å²) in [5.41, 5.74) is 3.51. The standard InChI is InChI=1S/C17H14N2O/c1-19-11-12-6-7-16-14(8-12)9-17(20-16)15-5-3-2-4-13(15)10-18/h2-9,19H,11H2,1H3. The fourth-order valence-corrected chi connectivity index (χ4v) is 2.34. The monoisotopic (exact) mass is 262 g/mol. The Balaban J connectivity index is 2.11. The third-order valence-electron chi connectivity index (χ3n) is 3.27. The van der Waals surface area contributed by atoms with Crippen molar-refractivity contribution in [2.45, 2.75) is 6.54 Å². The Morgan fingerprint density at radius 2 is 2.00 bits per heavy atom. The molecule has 1 N–H and O–H groups in total. The maximum Gasteiger partial charge on any atom is 0.136 e. The molecule has 0 bridgehead atoms. The lowest BCUT2D eigenvalue weighted by Crippen LogP contribution is -2.04. The van der Waals surface area contributed by atoms with Crippen molar-refractivity contribution in [2.24, 2.45) is 0 Å². The molecule has 0 aliphatic heterocycles. The van der Waals surface area contributed by atoms with Crippen molar-refractivity contribution < 1.29 is 4.42 Å². The van der Waals surface area contributed by atoms with Crippen molar-refractivity contribution in [2.75, 3.05) is 7.05 Å². The molecule has 0 fully saturated rings. The molecule has 0 radical (unpaired) electrons. The molecule has 2 aromatic carbocycles. The van der Waals surface area contributed by atoms with Gasteiger partial charge in [-0.2, -0.15) is 5.26 Å². The number of nitriles is 1. The number of nitrogens with one attached hydrogen (secondary N) is 1. The average molecular weight is 262 g/mol. The second kappa shape index (κ2) is 5.20. The third kappa shape index (κ3) is 2.18. The minimum atomic E-state index is 0.627. The summed E-state index contributed by atoms with van der Waals surface area (Å²) in [6, 6.07) is 17.8. The van der Waals surface area contributed by atoms with Gasteiger partial charge >= 0.3 is 0 Å². The first-order valence-corrected chi connectivity index (χ1v) is 6.48.